The summed E-state index contributed by atoms with van der Waals surface area (Å²) in [6.07, 6.45) is 9.71. The first-order chi connectivity index (χ1) is 11.8. The lowest BCUT2D eigenvalue weighted by atomic mass is 10.0. The number of imidazole rings is 1. The maximum absolute atomic E-state index is 12.0. The summed E-state index contributed by atoms with van der Waals surface area (Å²) in [7, 11) is 0. The van der Waals surface area contributed by atoms with Gasteiger partial charge in [-0.2, -0.15) is 0 Å². The highest BCUT2D eigenvalue weighted by Gasteiger charge is 2.20. The van der Waals surface area contributed by atoms with E-state index in [0.29, 0.717) is 12.1 Å². The van der Waals surface area contributed by atoms with E-state index in [1.54, 1.807) is 0 Å². The second-order valence-electron chi connectivity index (χ2n) is 6.31. The van der Waals surface area contributed by atoms with E-state index >= 15 is 0 Å². The molecule has 0 atom stereocenters. The van der Waals surface area contributed by atoms with Gasteiger partial charge in [0.25, 0.3) is 0 Å². The Morgan fingerprint density at radius 1 is 1.20 bits per heavy atom. The van der Waals surface area contributed by atoms with Crippen molar-refractivity contribution in [2.45, 2.75) is 27.3 Å². The predicted octanol–water partition coefficient (Wildman–Crippen LogP) is 2.48. The van der Waals surface area contributed by atoms with Crippen LogP contribution in [0, 0.1) is 32.0 Å². The molecule has 129 valence electrons. The van der Waals surface area contributed by atoms with Crippen molar-refractivity contribution in [3.8, 4) is 5.69 Å². The molecule has 1 aromatic carbocycles. The van der Waals surface area contributed by atoms with Gasteiger partial charge in [-0.3, -0.25) is 4.79 Å². The summed E-state index contributed by atoms with van der Waals surface area (Å²) in [6, 6.07) is 4.31. The number of aryl methyl sites for hydroxylation is 3. The summed E-state index contributed by atoms with van der Waals surface area (Å²) in [5.41, 5.74) is 5.12. The average Bonchev–Trinajstić information content (AvgIpc) is 2.96. The highest BCUT2D eigenvalue weighted by atomic mass is 16.8. The SMILES string of the molecule is Cc1cc(C)c(-n2cc[n+](CC3=C[C](N([O-])O)C=CC3=O)c2)c(C)c1. The van der Waals surface area contributed by atoms with Gasteiger partial charge in [0.15, 0.2) is 5.78 Å². The third-order valence-corrected chi connectivity index (χ3v) is 4.20. The Balaban J connectivity index is 1.87. The lowest BCUT2D eigenvalue weighted by Gasteiger charge is -2.26. The number of aromatic nitrogens is 2. The van der Waals surface area contributed by atoms with Crippen LogP contribution in [0.15, 0.2) is 54.7 Å². The van der Waals surface area contributed by atoms with E-state index in [9.17, 15) is 10.0 Å². The van der Waals surface area contributed by atoms with Crippen LogP contribution in [-0.4, -0.2) is 20.8 Å². The number of hydrogen-bond acceptors (Lipinski definition) is 4. The number of ketones is 1. The number of hydrogen-bond donors (Lipinski definition) is 1. The van der Waals surface area contributed by atoms with Crippen molar-refractivity contribution in [3.63, 3.8) is 0 Å². The summed E-state index contributed by atoms with van der Waals surface area (Å²) in [4.78, 5) is 12.0. The lowest BCUT2D eigenvalue weighted by Crippen LogP contribution is -2.35. The molecule has 1 aromatic heterocycles. The molecule has 6 heteroatoms. The quantitative estimate of drug-likeness (QED) is 0.687. The van der Waals surface area contributed by atoms with Gasteiger partial charge in [0, 0.05) is 5.57 Å². The van der Waals surface area contributed by atoms with Crippen molar-refractivity contribution < 1.29 is 14.6 Å². The highest BCUT2D eigenvalue weighted by molar-refractivity contribution is 6.05. The number of hydroxylamine groups is 2. The van der Waals surface area contributed by atoms with Crippen molar-refractivity contribution in [3.05, 3.63) is 82.6 Å². The Kier molecular flexibility index (Phi) is 4.67. The molecule has 1 heterocycles. The minimum atomic E-state index is -0.238. The number of benzene rings is 1. The molecule has 0 fully saturated rings. The van der Waals surface area contributed by atoms with E-state index in [1.165, 1.54) is 34.9 Å². The van der Waals surface area contributed by atoms with Gasteiger partial charge in [0.05, 0.1) is 6.04 Å². The van der Waals surface area contributed by atoms with Crippen molar-refractivity contribution in [2.24, 2.45) is 0 Å². The minimum absolute atomic E-state index is 0.0415. The summed E-state index contributed by atoms with van der Waals surface area (Å²) < 4.78 is 3.89. The third-order valence-electron chi connectivity index (χ3n) is 4.20. The number of carbonyl (C=O) groups is 1. The molecule has 6 nitrogen and oxygen atoms in total. The summed E-state index contributed by atoms with van der Waals surface area (Å²) in [5.74, 6) is -0.173. The van der Waals surface area contributed by atoms with E-state index in [0.717, 1.165) is 5.69 Å². The molecule has 0 saturated carbocycles. The molecule has 25 heavy (non-hydrogen) atoms. The molecule has 1 radical (unpaired) electrons. The molecule has 1 N–H and O–H groups in total. The van der Waals surface area contributed by atoms with E-state index in [-0.39, 0.29) is 17.1 Å². The zero-order valence-corrected chi connectivity index (χ0v) is 14.4. The first-order valence-corrected chi connectivity index (χ1v) is 7.96. The van der Waals surface area contributed by atoms with Gasteiger partial charge >= 0.3 is 0 Å². The Morgan fingerprint density at radius 2 is 1.88 bits per heavy atom. The Morgan fingerprint density at radius 3 is 2.52 bits per heavy atom. The fraction of sp³-hybridized carbons (Fsp3) is 0.211. The molecular formula is C19H20N3O3. The summed E-state index contributed by atoms with van der Waals surface area (Å²) >= 11 is 0. The number of allylic oxidation sites excluding steroid dienone is 2. The number of rotatable bonds is 4. The van der Waals surface area contributed by atoms with Crippen LogP contribution in [0.5, 0.6) is 0 Å². The molecule has 0 saturated heterocycles. The van der Waals surface area contributed by atoms with E-state index in [1.807, 2.05) is 27.9 Å². The standard InChI is InChI=1S/C19H20N3O3/c1-13-8-14(2)19(15(3)9-13)21-7-6-20(12-21)11-16-10-17(22(24)25)4-5-18(16)23/h4-10,12,24H,11H2,1-3H3. The zero-order chi connectivity index (χ0) is 18.1. The van der Waals surface area contributed by atoms with Crippen LogP contribution in [0.3, 0.4) is 0 Å². The van der Waals surface area contributed by atoms with Crippen LogP contribution < -0.4 is 4.57 Å². The number of nitrogens with zero attached hydrogens (tertiary/aromatic N) is 3. The molecular weight excluding hydrogens is 318 g/mol. The molecule has 0 amide bonds. The molecule has 0 spiro atoms. The third kappa shape index (κ3) is 3.61. The predicted molar refractivity (Wildman–Crippen MR) is 92.6 cm³/mol. The maximum atomic E-state index is 12.0. The van der Waals surface area contributed by atoms with Crippen LogP contribution in [0.25, 0.3) is 5.69 Å². The first-order valence-electron chi connectivity index (χ1n) is 7.96. The molecule has 2 aromatic rings. The Hall–Kier alpha value is -2.54. The molecule has 0 aliphatic heterocycles. The van der Waals surface area contributed by atoms with E-state index in [4.69, 9.17) is 5.21 Å². The highest BCUT2D eigenvalue weighted by Crippen LogP contribution is 2.21. The maximum Gasteiger partial charge on any atom is 0.249 e. The second kappa shape index (κ2) is 6.76. The molecule has 1 aliphatic rings. The van der Waals surface area contributed by atoms with Gasteiger partial charge < -0.3 is 10.4 Å². The average molecular weight is 338 g/mol. The minimum Gasteiger partial charge on any atom is -0.761 e. The van der Waals surface area contributed by atoms with Gasteiger partial charge in [-0.05, 0) is 44.1 Å². The van der Waals surface area contributed by atoms with Crippen molar-refractivity contribution in [2.75, 3.05) is 0 Å². The van der Waals surface area contributed by atoms with Gasteiger partial charge in [-0.1, -0.05) is 23.8 Å². The van der Waals surface area contributed by atoms with Crippen molar-refractivity contribution in [1.82, 2.24) is 9.79 Å². The summed E-state index contributed by atoms with van der Waals surface area (Å²) in [6.45, 7) is 6.53. The van der Waals surface area contributed by atoms with Crippen LogP contribution in [0.2, 0.25) is 0 Å². The van der Waals surface area contributed by atoms with Crippen LogP contribution in [0.1, 0.15) is 16.7 Å². The van der Waals surface area contributed by atoms with Gasteiger partial charge in [-0.25, -0.2) is 14.4 Å². The zero-order valence-electron chi connectivity index (χ0n) is 14.4. The second-order valence-corrected chi connectivity index (χ2v) is 6.31. The normalized spacial score (nSPS) is 15.1. The fourth-order valence-corrected chi connectivity index (χ4v) is 3.20. The summed E-state index contributed by atoms with van der Waals surface area (Å²) in [5, 5.41) is 19.8. The van der Waals surface area contributed by atoms with Gasteiger partial charge in [0.2, 0.25) is 6.33 Å². The molecule has 1 aliphatic carbocycles. The topological polar surface area (TPSA) is 72.4 Å². The Labute approximate surface area is 146 Å². The molecule has 3 rings (SSSR count). The van der Waals surface area contributed by atoms with Crippen LogP contribution in [0.4, 0.5) is 0 Å². The Bertz CT molecular complexity index is 855. The van der Waals surface area contributed by atoms with Gasteiger partial charge in [0.1, 0.15) is 24.6 Å². The molecule has 0 bridgehead atoms. The van der Waals surface area contributed by atoms with E-state index < -0.39 is 0 Å². The fourth-order valence-electron chi connectivity index (χ4n) is 3.20. The van der Waals surface area contributed by atoms with E-state index in [2.05, 4.69) is 32.9 Å². The van der Waals surface area contributed by atoms with Gasteiger partial charge in [-0.15, -0.1) is 0 Å². The first kappa shape index (κ1) is 17.3. The van der Waals surface area contributed by atoms with Crippen molar-refractivity contribution >= 4 is 5.78 Å². The van der Waals surface area contributed by atoms with Crippen LogP contribution >= 0.6 is 0 Å². The smallest absolute Gasteiger partial charge is 0.249 e. The number of carbonyl (C=O) groups excluding carboxylic acids is 1. The molecule has 0 unspecified atom stereocenters. The van der Waals surface area contributed by atoms with Crippen molar-refractivity contribution in [1.29, 1.82) is 0 Å². The largest absolute Gasteiger partial charge is 0.761 e. The van der Waals surface area contributed by atoms with Crippen LogP contribution in [-0.2, 0) is 11.3 Å². The lowest BCUT2D eigenvalue weighted by molar-refractivity contribution is -0.687. The monoisotopic (exact) mass is 338 g/mol.